The Morgan fingerprint density at radius 1 is 1.44 bits per heavy atom. The number of benzene rings is 1. The zero-order valence-electron chi connectivity index (χ0n) is 9.24. The zero-order chi connectivity index (χ0) is 11.4. The predicted molar refractivity (Wildman–Crippen MR) is 72.4 cm³/mol. The summed E-state index contributed by atoms with van der Waals surface area (Å²) in [7, 11) is 0. The van der Waals surface area contributed by atoms with Crippen molar-refractivity contribution < 1.29 is 0 Å². The van der Waals surface area contributed by atoms with Gasteiger partial charge in [-0.1, -0.05) is 41.6 Å². The van der Waals surface area contributed by atoms with Gasteiger partial charge in [0.1, 0.15) is 0 Å². The Hall–Kier alpha value is -0.670. The number of amidine groups is 1. The maximum absolute atomic E-state index is 6.15. The Morgan fingerprint density at radius 3 is 2.94 bits per heavy atom. The van der Waals surface area contributed by atoms with E-state index in [0.717, 1.165) is 28.1 Å². The van der Waals surface area contributed by atoms with Gasteiger partial charge in [-0.25, -0.2) is 0 Å². The third kappa shape index (κ3) is 2.92. The van der Waals surface area contributed by atoms with Crippen molar-refractivity contribution in [2.45, 2.75) is 19.4 Å². The van der Waals surface area contributed by atoms with E-state index < -0.39 is 0 Å². The molecule has 4 heteroatoms. The Labute approximate surface area is 105 Å². The van der Waals surface area contributed by atoms with Gasteiger partial charge in [0.25, 0.3) is 0 Å². The van der Waals surface area contributed by atoms with E-state index in [1.165, 1.54) is 6.42 Å². The molecule has 1 N–H and O–H groups in total. The van der Waals surface area contributed by atoms with Gasteiger partial charge in [-0.3, -0.25) is 4.99 Å². The predicted octanol–water partition coefficient (Wildman–Crippen LogP) is 3.48. The molecule has 0 fully saturated rings. The van der Waals surface area contributed by atoms with Crippen LogP contribution >= 0.6 is 23.4 Å². The molecule has 1 atom stereocenters. The zero-order valence-corrected chi connectivity index (χ0v) is 10.8. The summed E-state index contributed by atoms with van der Waals surface area (Å²) in [6.45, 7) is 3.05. The van der Waals surface area contributed by atoms with Gasteiger partial charge < -0.3 is 5.32 Å². The number of aliphatic imine (C=N–C) groups is 1. The smallest absolute Gasteiger partial charge is 0.157 e. The number of nitrogens with zero attached hydrogens (tertiary/aromatic N) is 1. The van der Waals surface area contributed by atoms with Crippen LogP contribution < -0.4 is 5.32 Å². The van der Waals surface area contributed by atoms with Gasteiger partial charge >= 0.3 is 0 Å². The first-order valence-corrected chi connectivity index (χ1v) is 6.82. The van der Waals surface area contributed by atoms with Crippen molar-refractivity contribution in [3.63, 3.8) is 0 Å². The summed E-state index contributed by atoms with van der Waals surface area (Å²) >= 11 is 7.94. The molecular formula is C12H15ClN2S. The molecule has 0 spiro atoms. The van der Waals surface area contributed by atoms with E-state index in [9.17, 15) is 0 Å². The Morgan fingerprint density at radius 2 is 2.25 bits per heavy atom. The van der Waals surface area contributed by atoms with Gasteiger partial charge in [-0.15, -0.1) is 0 Å². The van der Waals surface area contributed by atoms with Crippen molar-refractivity contribution in [2.24, 2.45) is 4.99 Å². The molecule has 16 heavy (non-hydrogen) atoms. The molecule has 1 aromatic rings. The molecule has 1 unspecified atom stereocenters. The third-order valence-electron chi connectivity index (χ3n) is 2.51. The summed E-state index contributed by atoms with van der Waals surface area (Å²) in [6.07, 6.45) is 1.18. The molecular weight excluding hydrogens is 240 g/mol. The number of rotatable bonds is 2. The number of thioether (sulfide) groups is 1. The summed E-state index contributed by atoms with van der Waals surface area (Å²) in [5.41, 5.74) is 1.12. The minimum Gasteiger partial charge on any atom is -0.358 e. The fourth-order valence-corrected chi connectivity index (χ4v) is 2.85. The minimum atomic E-state index is 0.207. The van der Waals surface area contributed by atoms with Crippen molar-refractivity contribution in [3.05, 3.63) is 34.9 Å². The third-order valence-corrected chi connectivity index (χ3v) is 3.87. The maximum atomic E-state index is 6.15. The molecule has 0 amide bonds. The van der Waals surface area contributed by atoms with Gasteiger partial charge in [0, 0.05) is 17.3 Å². The second-order valence-electron chi connectivity index (χ2n) is 3.78. The van der Waals surface area contributed by atoms with Crippen molar-refractivity contribution in [1.82, 2.24) is 5.32 Å². The van der Waals surface area contributed by atoms with Crippen LogP contribution in [-0.2, 0) is 0 Å². The van der Waals surface area contributed by atoms with E-state index in [1.54, 1.807) is 11.8 Å². The molecule has 86 valence electrons. The van der Waals surface area contributed by atoms with Crippen LogP contribution in [-0.4, -0.2) is 17.5 Å². The average Bonchev–Trinajstić information content (AvgIpc) is 2.31. The molecule has 0 saturated carbocycles. The summed E-state index contributed by atoms with van der Waals surface area (Å²) in [6, 6.07) is 8.14. The standard InChI is InChI=1S/C12H15ClN2S/c1-9(10-5-2-3-6-11(10)13)15-12-14-7-4-8-16-12/h2-3,5-6,9H,4,7-8H2,1H3,(H,14,15). The maximum Gasteiger partial charge on any atom is 0.157 e. The molecule has 2 rings (SSSR count). The van der Waals surface area contributed by atoms with Crippen molar-refractivity contribution in [2.75, 3.05) is 12.3 Å². The highest BCUT2D eigenvalue weighted by atomic mass is 35.5. The lowest BCUT2D eigenvalue weighted by molar-refractivity contribution is 0.718. The van der Waals surface area contributed by atoms with Gasteiger partial charge in [0.2, 0.25) is 0 Å². The van der Waals surface area contributed by atoms with Crippen LogP contribution in [0.15, 0.2) is 29.3 Å². The molecule has 0 radical (unpaired) electrons. The van der Waals surface area contributed by atoms with Crippen molar-refractivity contribution >= 4 is 28.5 Å². The van der Waals surface area contributed by atoms with E-state index in [2.05, 4.69) is 17.2 Å². The van der Waals surface area contributed by atoms with Crippen LogP contribution in [0.1, 0.15) is 24.9 Å². The topological polar surface area (TPSA) is 24.4 Å². The summed E-state index contributed by atoms with van der Waals surface area (Å²) in [5.74, 6) is 1.15. The summed E-state index contributed by atoms with van der Waals surface area (Å²) in [4.78, 5) is 4.45. The molecule has 0 aliphatic carbocycles. The second kappa shape index (κ2) is 5.60. The van der Waals surface area contributed by atoms with E-state index >= 15 is 0 Å². The molecule has 0 bridgehead atoms. The van der Waals surface area contributed by atoms with E-state index in [4.69, 9.17) is 11.6 Å². The lowest BCUT2D eigenvalue weighted by Gasteiger charge is -2.19. The normalized spacial score (nSPS) is 17.8. The first kappa shape index (κ1) is 11.8. The SMILES string of the molecule is CC(NC1=NCCCS1)c1ccccc1Cl. The first-order valence-electron chi connectivity index (χ1n) is 5.45. The number of halogens is 1. The summed E-state index contributed by atoms with van der Waals surface area (Å²) in [5, 5.41) is 5.25. The number of nitrogens with one attached hydrogen (secondary N) is 1. The van der Waals surface area contributed by atoms with Gasteiger partial charge in [0.05, 0.1) is 6.04 Å². The van der Waals surface area contributed by atoms with E-state index in [-0.39, 0.29) is 6.04 Å². The van der Waals surface area contributed by atoms with Gasteiger partial charge in [-0.2, -0.15) is 0 Å². The monoisotopic (exact) mass is 254 g/mol. The van der Waals surface area contributed by atoms with Gasteiger partial charge in [-0.05, 0) is 25.0 Å². The quantitative estimate of drug-likeness (QED) is 0.874. The number of hydrogen-bond donors (Lipinski definition) is 1. The highest BCUT2D eigenvalue weighted by Gasteiger charge is 2.12. The van der Waals surface area contributed by atoms with Crippen LogP contribution in [0, 0.1) is 0 Å². The molecule has 1 aromatic carbocycles. The largest absolute Gasteiger partial charge is 0.358 e. The Balaban J connectivity index is 2.05. The van der Waals surface area contributed by atoms with Crippen molar-refractivity contribution in [1.29, 1.82) is 0 Å². The van der Waals surface area contributed by atoms with Crippen LogP contribution in [0.5, 0.6) is 0 Å². The van der Waals surface area contributed by atoms with E-state index in [1.807, 2.05) is 24.3 Å². The molecule has 0 saturated heterocycles. The van der Waals surface area contributed by atoms with Crippen LogP contribution in [0.4, 0.5) is 0 Å². The minimum absolute atomic E-state index is 0.207. The molecule has 1 aliphatic heterocycles. The summed E-state index contributed by atoms with van der Waals surface area (Å²) < 4.78 is 0. The molecule has 0 aromatic heterocycles. The first-order chi connectivity index (χ1) is 7.77. The van der Waals surface area contributed by atoms with Crippen molar-refractivity contribution in [3.8, 4) is 0 Å². The fraction of sp³-hybridized carbons (Fsp3) is 0.417. The Kier molecular flexibility index (Phi) is 4.13. The molecule has 1 heterocycles. The number of hydrogen-bond acceptors (Lipinski definition) is 3. The van der Waals surface area contributed by atoms with Crippen LogP contribution in [0.25, 0.3) is 0 Å². The van der Waals surface area contributed by atoms with Crippen LogP contribution in [0.2, 0.25) is 5.02 Å². The average molecular weight is 255 g/mol. The fourth-order valence-electron chi connectivity index (χ4n) is 1.64. The Bertz CT molecular complexity index is 392. The highest BCUT2D eigenvalue weighted by Crippen LogP contribution is 2.23. The second-order valence-corrected chi connectivity index (χ2v) is 5.27. The van der Waals surface area contributed by atoms with Crippen LogP contribution in [0.3, 0.4) is 0 Å². The molecule has 2 nitrogen and oxygen atoms in total. The highest BCUT2D eigenvalue weighted by molar-refractivity contribution is 8.13. The van der Waals surface area contributed by atoms with E-state index in [0.29, 0.717) is 0 Å². The lowest BCUT2D eigenvalue weighted by Crippen LogP contribution is -2.26. The van der Waals surface area contributed by atoms with Gasteiger partial charge in [0.15, 0.2) is 5.17 Å². The lowest BCUT2D eigenvalue weighted by atomic mass is 10.1. The molecule has 1 aliphatic rings.